The molecule has 1 aromatic rings. The molecule has 3 aliphatic carbocycles. The summed E-state index contributed by atoms with van der Waals surface area (Å²) < 4.78 is 0. The summed E-state index contributed by atoms with van der Waals surface area (Å²) in [4.78, 5) is 0. The summed E-state index contributed by atoms with van der Waals surface area (Å²) >= 11 is 0. The van der Waals surface area contributed by atoms with E-state index in [2.05, 4.69) is 31.2 Å². The van der Waals surface area contributed by atoms with Gasteiger partial charge in [0, 0.05) is 5.41 Å². The quantitative estimate of drug-likeness (QED) is 0.629. The molecule has 0 N–H and O–H groups in total. The first kappa shape index (κ1) is 10.8. The van der Waals surface area contributed by atoms with Gasteiger partial charge in [0.1, 0.15) is 0 Å². The lowest BCUT2D eigenvalue weighted by Gasteiger charge is -2.41. The van der Waals surface area contributed by atoms with Crippen LogP contribution in [-0.2, 0) is 18.3 Å². The van der Waals surface area contributed by atoms with E-state index in [0.29, 0.717) is 5.41 Å². The largest absolute Gasteiger partial charge is 0.0850 e. The van der Waals surface area contributed by atoms with E-state index in [4.69, 9.17) is 0 Å². The van der Waals surface area contributed by atoms with Crippen molar-refractivity contribution in [3.05, 3.63) is 46.5 Å². The van der Waals surface area contributed by atoms with E-state index < -0.39 is 0 Å². The molecule has 1 spiro atoms. The van der Waals surface area contributed by atoms with E-state index in [1.165, 1.54) is 50.5 Å². The Kier molecular flexibility index (Phi) is 2.24. The Labute approximate surface area is 110 Å². The SMILES string of the molecule is CCc1ccc2c(c1)C1(CCC2)CC2=CCC1C2. The molecule has 94 valence electrons. The molecule has 3 aliphatic rings. The van der Waals surface area contributed by atoms with Crippen LogP contribution in [0.4, 0.5) is 0 Å². The molecule has 1 saturated carbocycles. The summed E-state index contributed by atoms with van der Waals surface area (Å²) in [5, 5.41) is 0. The Balaban J connectivity index is 1.87. The topological polar surface area (TPSA) is 0 Å². The molecule has 0 heterocycles. The third kappa shape index (κ3) is 1.32. The van der Waals surface area contributed by atoms with Crippen LogP contribution in [0.3, 0.4) is 0 Å². The highest BCUT2D eigenvalue weighted by Crippen LogP contribution is 2.58. The lowest BCUT2D eigenvalue weighted by atomic mass is 9.62. The van der Waals surface area contributed by atoms with E-state index in [1.807, 2.05) is 0 Å². The number of fused-ring (bicyclic) bond motifs is 5. The second-order valence-corrected chi connectivity index (χ2v) is 6.53. The van der Waals surface area contributed by atoms with Gasteiger partial charge in [-0.3, -0.25) is 0 Å². The maximum Gasteiger partial charge on any atom is 0.00273 e. The Hall–Kier alpha value is -1.04. The zero-order chi connectivity index (χ0) is 12.2. The molecule has 1 aromatic carbocycles. The summed E-state index contributed by atoms with van der Waals surface area (Å²) in [5.41, 5.74) is 7.23. The van der Waals surface area contributed by atoms with Gasteiger partial charge in [0.15, 0.2) is 0 Å². The third-order valence-electron chi connectivity index (χ3n) is 5.71. The first-order valence-electron chi connectivity index (χ1n) is 7.62. The number of benzene rings is 1. The maximum atomic E-state index is 2.55. The fraction of sp³-hybridized carbons (Fsp3) is 0.556. The second-order valence-electron chi connectivity index (χ2n) is 6.53. The Morgan fingerprint density at radius 2 is 2.28 bits per heavy atom. The van der Waals surface area contributed by atoms with Crippen LogP contribution in [0.15, 0.2) is 29.8 Å². The van der Waals surface area contributed by atoms with Crippen LogP contribution in [0.5, 0.6) is 0 Å². The zero-order valence-corrected chi connectivity index (χ0v) is 11.3. The normalized spacial score (nSPS) is 32.7. The van der Waals surface area contributed by atoms with Gasteiger partial charge < -0.3 is 0 Å². The first-order chi connectivity index (χ1) is 8.82. The number of hydrogen-bond acceptors (Lipinski definition) is 0. The van der Waals surface area contributed by atoms with Gasteiger partial charge in [-0.25, -0.2) is 0 Å². The molecule has 2 atom stereocenters. The zero-order valence-electron chi connectivity index (χ0n) is 11.3. The van der Waals surface area contributed by atoms with Gasteiger partial charge in [0.25, 0.3) is 0 Å². The summed E-state index contributed by atoms with van der Waals surface area (Å²) in [5.74, 6) is 0.929. The number of aryl methyl sites for hydroxylation is 2. The summed E-state index contributed by atoms with van der Waals surface area (Å²) in [7, 11) is 0. The first-order valence-corrected chi connectivity index (χ1v) is 7.62. The van der Waals surface area contributed by atoms with Crippen LogP contribution in [0.25, 0.3) is 0 Å². The van der Waals surface area contributed by atoms with Crippen molar-refractivity contribution in [3.8, 4) is 0 Å². The third-order valence-corrected chi connectivity index (χ3v) is 5.71. The molecule has 2 bridgehead atoms. The van der Waals surface area contributed by atoms with Crippen molar-refractivity contribution in [3.63, 3.8) is 0 Å². The molecule has 4 rings (SSSR count). The van der Waals surface area contributed by atoms with E-state index >= 15 is 0 Å². The molecule has 0 radical (unpaired) electrons. The molecule has 0 amide bonds. The van der Waals surface area contributed by atoms with E-state index in [1.54, 1.807) is 16.7 Å². The van der Waals surface area contributed by atoms with Crippen molar-refractivity contribution < 1.29 is 0 Å². The molecule has 0 heteroatoms. The lowest BCUT2D eigenvalue weighted by molar-refractivity contribution is 0.269. The van der Waals surface area contributed by atoms with Crippen molar-refractivity contribution in [1.82, 2.24) is 0 Å². The van der Waals surface area contributed by atoms with Gasteiger partial charge in [-0.2, -0.15) is 0 Å². The summed E-state index contributed by atoms with van der Waals surface area (Å²) in [6, 6.07) is 7.33. The van der Waals surface area contributed by atoms with Gasteiger partial charge in [-0.1, -0.05) is 36.8 Å². The van der Waals surface area contributed by atoms with E-state index in [0.717, 1.165) is 5.92 Å². The van der Waals surface area contributed by atoms with Crippen LogP contribution >= 0.6 is 0 Å². The Bertz CT molecular complexity index is 523. The fourth-order valence-electron chi connectivity index (χ4n) is 4.77. The van der Waals surface area contributed by atoms with Crippen LogP contribution in [-0.4, -0.2) is 0 Å². The highest BCUT2D eigenvalue weighted by atomic mass is 14.5. The van der Waals surface area contributed by atoms with Crippen LogP contribution < -0.4 is 0 Å². The van der Waals surface area contributed by atoms with Crippen LogP contribution in [0.2, 0.25) is 0 Å². The average Bonchev–Trinajstić information content (AvgIpc) is 3.00. The van der Waals surface area contributed by atoms with Crippen LogP contribution in [0, 0.1) is 5.92 Å². The van der Waals surface area contributed by atoms with Gasteiger partial charge >= 0.3 is 0 Å². The van der Waals surface area contributed by atoms with Crippen molar-refractivity contribution in [2.24, 2.45) is 5.92 Å². The molecule has 0 saturated heterocycles. The smallest absolute Gasteiger partial charge is 0.00273 e. The van der Waals surface area contributed by atoms with Gasteiger partial charge in [0.05, 0.1) is 0 Å². The van der Waals surface area contributed by atoms with Crippen molar-refractivity contribution in [1.29, 1.82) is 0 Å². The van der Waals surface area contributed by atoms with Crippen molar-refractivity contribution in [2.75, 3.05) is 0 Å². The molecule has 0 nitrogen and oxygen atoms in total. The molecule has 0 aliphatic heterocycles. The molecular weight excluding hydrogens is 216 g/mol. The highest BCUT2D eigenvalue weighted by molar-refractivity contribution is 5.45. The summed E-state index contributed by atoms with van der Waals surface area (Å²) in [6.45, 7) is 2.28. The average molecular weight is 238 g/mol. The predicted octanol–water partition coefficient (Wildman–Crippen LogP) is 4.56. The highest BCUT2D eigenvalue weighted by Gasteiger charge is 2.49. The minimum absolute atomic E-state index is 0.544. The number of allylic oxidation sites excluding steroid dienone is 2. The monoisotopic (exact) mass is 238 g/mol. The Morgan fingerprint density at radius 3 is 3.00 bits per heavy atom. The van der Waals surface area contributed by atoms with Gasteiger partial charge in [-0.05, 0) is 67.6 Å². The Morgan fingerprint density at radius 1 is 1.33 bits per heavy atom. The minimum Gasteiger partial charge on any atom is -0.0850 e. The molecule has 18 heavy (non-hydrogen) atoms. The second kappa shape index (κ2) is 3.73. The minimum atomic E-state index is 0.544. The van der Waals surface area contributed by atoms with E-state index in [-0.39, 0.29) is 0 Å². The number of hydrogen-bond donors (Lipinski definition) is 0. The maximum absolute atomic E-state index is 2.55. The molecular formula is C18H22. The fourth-order valence-corrected chi connectivity index (χ4v) is 4.77. The van der Waals surface area contributed by atoms with Crippen molar-refractivity contribution in [2.45, 2.75) is 57.3 Å². The van der Waals surface area contributed by atoms with Crippen LogP contribution in [0.1, 0.15) is 55.7 Å². The van der Waals surface area contributed by atoms with Crippen molar-refractivity contribution >= 4 is 0 Å². The van der Waals surface area contributed by atoms with E-state index in [9.17, 15) is 0 Å². The van der Waals surface area contributed by atoms with Gasteiger partial charge in [-0.15, -0.1) is 0 Å². The number of rotatable bonds is 1. The summed E-state index contributed by atoms with van der Waals surface area (Å²) in [6.07, 6.45) is 12.0. The predicted molar refractivity (Wildman–Crippen MR) is 75.9 cm³/mol. The lowest BCUT2D eigenvalue weighted by Crippen LogP contribution is -2.35. The van der Waals surface area contributed by atoms with Gasteiger partial charge in [0.2, 0.25) is 0 Å². The molecule has 2 unspecified atom stereocenters. The standard InChI is InChI=1S/C18H22/c1-2-13-5-7-15-4-3-9-18(17(15)11-13)12-14-6-8-16(18)10-14/h5-7,11,16H,2-4,8-10,12H2,1H3. The molecule has 0 aromatic heterocycles. The molecule has 1 fully saturated rings.